The van der Waals surface area contributed by atoms with Gasteiger partial charge in [-0.25, -0.2) is 0 Å². The Labute approximate surface area is 244 Å². The maximum atomic E-state index is 6.59. The molecule has 0 fully saturated rings. The van der Waals surface area contributed by atoms with E-state index in [-0.39, 0.29) is 0 Å². The van der Waals surface area contributed by atoms with Crippen molar-refractivity contribution >= 4 is 49.8 Å². The van der Waals surface area contributed by atoms with Gasteiger partial charge in [-0.05, 0) is 70.1 Å². The fraction of sp³-hybridized carbons (Fsp3) is 0. The van der Waals surface area contributed by atoms with Crippen LogP contribution in [0.15, 0.2) is 168 Å². The Bertz CT molecular complexity index is 2110. The SMILES string of the molecule is c1ccc(-c2cccc(N(c3cccc(-c4ccccc4)c3)c3cccc4ccc5c6ccccc6oc5c34)c2)cc1. The number of benzene rings is 7. The molecule has 0 aliphatic heterocycles. The third-order valence-corrected chi connectivity index (χ3v) is 8.03. The molecule has 198 valence electrons. The Kier molecular flexibility index (Phi) is 5.82. The van der Waals surface area contributed by atoms with E-state index in [1.165, 1.54) is 22.3 Å². The zero-order valence-electron chi connectivity index (χ0n) is 22.9. The molecule has 0 saturated heterocycles. The number of fused-ring (bicyclic) bond motifs is 5. The molecule has 0 N–H and O–H groups in total. The Morgan fingerprint density at radius 1 is 0.405 bits per heavy atom. The van der Waals surface area contributed by atoms with Gasteiger partial charge in [0.1, 0.15) is 11.2 Å². The predicted molar refractivity (Wildman–Crippen MR) is 177 cm³/mol. The number of nitrogens with zero attached hydrogens (tertiary/aromatic N) is 1. The summed E-state index contributed by atoms with van der Waals surface area (Å²) in [6, 6.07) is 57.9. The van der Waals surface area contributed by atoms with Gasteiger partial charge in [-0.2, -0.15) is 0 Å². The van der Waals surface area contributed by atoms with Crippen molar-refractivity contribution in [1.29, 1.82) is 0 Å². The van der Waals surface area contributed by atoms with E-state index in [1.54, 1.807) is 0 Å². The third kappa shape index (κ3) is 4.13. The van der Waals surface area contributed by atoms with Gasteiger partial charge in [-0.15, -0.1) is 0 Å². The summed E-state index contributed by atoms with van der Waals surface area (Å²) in [5.74, 6) is 0. The first-order valence-corrected chi connectivity index (χ1v) is 14.3. The van der Waals surface area contributed by atoms with Crippen LogP contribution in [0.2, 0.25) is 0 Å². The lowest BCUT2D eigenvalue weighted by Gasteiger charge is -2.28. The van der Waals surface area contributed by atoms with Gasteiger partial charge >= 0.3 is 0 Å². The molecular formula is C40H27NO. The molecule has 0 unspecified atom stereocenters. The molecule has 1 heterocycles. The lowest BCUT2D eigenvalue weighted by molar-refractivity contribution is 0.672. The van der Waals surface area contributed by atoms with Crippen LogP contribution >= 0.6 is 0 Å². The van der Waals surface area contributed by atoms with Crippen LogP contribution in [0.3, 0.4) is 0 Å². The summed E-state index contributed by atoms with van der Waals surface area (Å²) in [4.78, 5) is 2.37. The van der Waals surface area contributed by atoms with E-state index in [0.29, 0.717) is 0 Å². The van der Waals surface area contributed by atoms with Gasteiger partial charge in [0, 0.05) is 27.5 Å². The zero-order chi connectivity index (χ0) is 27.9. The van der Waals surface area contributed by atoms with Crippen molar-refractivity contribution in [2.24, 2.45) is 0 Å². The average Bonchev–Trinajstić information content (AvgIpc) is 3.45. The van der Waals surface area contributed by atoms with Crippen LogP contribution in [0.1, 0.15) is 0 Å². The number of furan rings is 1. The number of para-hydroxylation sites is 1. The molecule has 2 heteroatoms. The Hall–Kier alpha value is -5.60. The molecule has 0 saturated carbocycles. The highest BCUT2D eigenvalue weighted by atomic mass is 16.3. The molecule has 7 aromatic carbocycles. The lowest BCUT2D eigenvalue weighted by atomic mass is 10.0. The molecule has 0 bridgehead atoms. The monoisotopic (exact) mass is 537 g/mol. The van der Waals surface area contributed by atoms with Crippen molar-refractivity contribution in [2.75, 3.05) is 4.90 Å². The van der Waals surface area contributed by atoms with E-state index in [2.05, 4.69) is 157 Å². The standard InChI is InChI=1S/C40H27NO/c1-3-12-28(13-4-1)31-17-9-19-33(26-31)41(34-20-10-18-32(27-34)29-14-5-2-6-15-29)37-22-11-16-30-24-25-36-35-21-7-8-23-38(35)42-40(36)39(30)37/h1-27H. The van der Waals surface area contributed by atoms with Crippen molar-refractivity contribution in [1.82, 2.24) is 0 Å². The summed E-state index contributed by atoms with van der Waals surface area (Å²) in [6.07, 6.45) is 0. The van der Waals surface area contributed by atoms with Gasteiger partial charge in [0.05, 0.1) is 5.69 Å². The molecule has 0 amide bonds. The first-order valence-electron chi connectivity index (χ1n) is 14.3. The van der Waals surface area contributed by atoms with Crippen LogP contribution in [-0.2, 0) is 0 Å². The first kappa shape index (κ1) is 24.2. The second-order valence-electron chi connectivity index (χ2n) is 10.6. The largest absolute Gasteiger partial charge is 0.455 e. The van der Waals surface area contributed by atoms with E-state index in [0.717, 1.165) is 49.8 Å². The number of hydrogen-bond acceptors (Lipinski definition) is 2. The molecule has 0 spiro atoms. The molecular weight excluding hydrogens is 510 g/mol. The van der Waals surface area contributed by atoms with Crippen LogP contribution in [-0.4, -0.2) is 0 Å². The average molecular weight is 538 g/mol. The van der Waals surface area contributed by atoms with Gasteiger partial charge in [0.2, 0.25) is 0 Å². The highest BCUT2D eigenvalue weighted by Gasteiger charge is 2.20. The van der Waals surface area contributed by atoms with Crippen LogP contribution < -0.4 is 4.90 Å². The third-order valence-electron chi connectivity index (χ3n) is 8.03. The zero-order valence-corrected chi connectivity index (χ0v) is 22.9. The summed E-state index contributed by atoms with van der Waals surface area (Å²) in [5, 5.41) is 4.50. The molecule has 0 aliphatic rings. The fourth-order valence-electron chi connectivity index (χ4n) is 6.06. The van der Waals surface area contributed by atoms with Crippen LogP contribution in [0.25, 0.3) is 55.0 Å². The van der Waals surface area contributed by atoms with Crippen LogP contribution in [0.5, 0.6) is 0 Å². The number of hydrogen-bond donors (Lipinski definition) is 0. The Morgan fingerprint density at radius 2 is 0.976 bits per heavy atom. The van der Waals surface area contributed by atoms with Gasteiger partial charge in [-0.1, -0.05) is 121 Å². The van der Waals surface area contributed by atoms with E-state index in [4.69, 9.17) is 4.42 Å². The molecule has 1 aromatic heterocycles. The van der Waals surface area contributed by atoms with E-state index >= 15 is 0 Å². The van der Waals surface area contributed by atoms with E-state index in [1.807, 2.05) is 12.1 Å². The molecule has 8 rings (SSSR count). The molecule has 0 atom stereocenters. The molecule has 0 radical (unpaired) electrons. The van der Waals surface area contributed by atoms with Gasteiger partial charge in [-0.3, -0.25) is 0 Å². The summed E-state index contributed by atoms with van der Waals surface area (Å²) < 4.78 is 6.59. The van der Waals surface area contributed by atoms with Crippen molar-refractivity contribution < 1.29 is 4.42 Å². The maximum absolute atomic E-state index is 6.59. The molecule has 42 heavy (non-hydrogen) atoms. The lowest BCUT2D eigenvalue weighted by Crippen LogP contribution is -2.10. The van der Waals surface area contributed by atoms with Crippen molar-refractivity contribution in [3.63, 3.8) is 0 Å². The van der Waals surface area contributed by atoms with Crippen molar-refractivity contribution in [3.05, 3.63) is 164 Å². The van der Waals surface area contributed by atoms with E-state index < -0.39 is 0 Å². The second-order valence-corrected chi connectivity index (χ2v) is 10.6. The smallest absolute Gasteiger partial charge is 0.145 e. The normalized spacial score (nSPS) is 11.3. The minimum absolute atomic E-state index is 0.901. The topological polar surface area (TPSA) is 16.4 Å². The maximum Gasteiger partial charge on any atom is 0.145 e. The van der Waals surface area contributed by atoms with Gasteiger partial charge in [0.15, 0.2) is 0 Å². The predicted octanol–water partition coefficient (Wildman–Crippen LogP) is 11.5. The Balaban J connectivity index is 1.42. The Morgan fingerprint density at radius 3 is 1.64 bits per heavy atom. The fourth-order valence-corrected chi connectivity index (χ4v) is 6.06. The first-order chi connectivity index (χ1) is 20.8. The minimum Gasteiger partial charge on any atom is -0.455 e. The molecule has 0 aliphatic carbocycles. The highest BCUT2D eigenvalue weighted by Crippen LogP contribution is 2.44. The second kappa shape index (κ2) is 10.1. The molecule has 2 nitrogen and oxygen atoms in total. The highest BCUT2D eigenvalue weighted by molar-refractivity contribution is 6.19. The van der Waals surface area contributed by atoms with Crippen LogP contribution in [0, 0.1) is 0 Å². The molecule has 8 aromatic rings. The van der Waals surface area contributed by atoms with Gasteiger partial charge < -0.3 is 9.32 Å². The van der Waals surface area contributed by atoms with Gasteiger partial charge in [0.25, 0.3) is 0 Å². The summed E-state index contributed by atoms with van der Waals surface area (Å²) in [6.45, 7) is 0. The summed E-state index contributed by atoms with van der Waals surface area (Å²) in [5.41, 5.74) is 9.78. The summed E-state index contributed by atoms with van der Waals surface area (Å²) in [7, 11) is 0. The minimum atomic E-state index is 0.901. The quantitative estimate of drug-likeness (QED) is 0.217. The van der Waals surface area contributed by atoms with E-state index in [9.17, 15) is 0 Å². The van der Waals surface area contributed by atoms with Crippen molar-refractivity contribution in [2.45, 2.75) is 0 Å². The van der Waals surface area contributed by atoms with Crippen LogP contribution in [0.4, 0.5) is 17.1 Å². The number of rotatable bonds is 5. The summed E-state index contributed by atoms with van der Waals surface area (Å²) >= 11 is 0. The number of anilines is 3. The van der Waals surface area contributed by atoms with Crippen molar-refractivity contribution in [3.8, 4) is 22.3 Å².